The Hall–Kier alpha value is -0.0200. The van der Waals surface area contributed by atoms with Crippen molar-refractivity contribution >= 4 is 83.7 Å². The highest BCUT2D eigenvalue weighted by Crippen LogP contribution is 2.24. The zero-order valence-corrected chi connectivity index (χ0v) is 17.8. The monoisotopic (exact) mass is 656 g/mol. The fourth-order valence-corrected chi connectivity index (χ4v) is 4.94. The van der Waals surface area contributed by atoms with Gasteiger partial charge in [0.2, 0.25) is 0 Å². The highest BCUT2D eigenvalue weighted by atomic mass is 127. The number of hydrogen-bond donors (Lipinski definition) is 0. The molecule has 2 rings (SSSR count). The summed E-state index contributed by atoms with van der Waals surface area (Å²) in [4.78, 5) is -0.612. The lowest BCUT2D eigenvalue weighted by atomic mass is 10.2. The molecule has 0 aromatic heterocycles. The second-order valence-electron chi connectivity index (χ2n) is 4.05. The van der Waals surface area contributed by atoms with Crippen LogP contribution in [0.3, 0.4) is 0 Å². The van der Waals surface area contributed by atoms with Crippen molar-refractivity contribution in [2.24, 2.45) is 4.40 Å². The molecular weight excluding hydrogens is 650 g/mol. The Bertz CT molecular complexity index is 869. The molecule has 0 N–H and O–H groups in total. The Balaban J connectivity index is 2.56. The van der Waals surface area contributed by atoms with E-state index in [0.29, 0.717) is 3.57 Å². The number of sulfonamides is 1. The molecule has 0 aliphatic carbocycles. The molecule has 0 unspecified atom stereocenters. The Morgan fingerprint density at radius 1 is 1.14 bits per heavy atom. The van der Waals surface area contributed by atoms with Gasteiger partial charge in [0.15, 0.2) is 0 Å². The van der Waals surface area contributed by atoms with Crippen LogP contribution in [0.15, 0.2) is 45.7 Å². The van der Waals surface area contributed by atoms with Gasteiger partial charge in [-0.1, -0.05) is 12.1 Å². The summed E-state index contributed by atoms with van der Waals surface area (Å²) in [5.74, 6) is -1.85. The van der Waals surface area contributed by atoms with Crippen molar-refractivity contribution < 1.29 is 17.9 Å². The van der Waals surface area contributed by atoms with Crippen LogP contribution in [-0.4, -0.2) is 14.3 Å². The van der Waals surface area contributed by atoms with E-state index in [1.54, 1.807) is 6.07 Å². The fourth-order valence-electron chi connectivity index (χ4n) is 1.57. The molecule has 0 atom stereocenters. The predicted octanol–water partition coefficient (Wildman–Crippen LogP) is 3.14. The fraction of sp³-hybridized carbons (Fsp3) is 0. The standard InChI is InChI=1S/C13H7FI3NO3S/c14-9-3-1-2-4-11(9)22(20,21)18-13(19)8-5-7(15)6-10(16)12(8)17/h1-6H,(H,18,19)/p-1. The molecule has 0 saturated carbocycles. The van der Waals surface area contributed by atoms with E-state index in [-0.39, 0.29) is 5.56 Å². The van der Waals surface area contributed by atoms with Gasteiger partial charge in [-0.25, -0.2) is 4.39 Å². The van der Waals surface area contributed by atoms with Gasteiger partial charge in [0, 0.05) is 22.2 Å². The molecule has 0 saturated heterocycles. The zero-order chi connectivity index (χ0) is 16.5. The van der Waals surface area contributed by atoms with E-state index in [9.17, 15) is 17.9 Å². The van der Waals surface area contributed by atoms with Crippen molar-refractivity contribution in [2.75, 3.05) is 0 Å². The highest BCUT2D eigenvalue weighted by molar-refractivity contribution is 14.1. The van der Waals surface area contributed by atoms with Crippen LogP contribution in [0.1, 0.15) is 5.56 Å². The van der Waals surface area contributed by atoms with Gasteiger partial charge in [-0.15, -0.1) is 0 Å². The second kappa shape index (κ2) is 7.25. The maximum absolute atomic E-state index is 13.6. The van der Waals surface area contributed by atoms with Crippen molar-refractivity contribution in [2.45, 2.75) is 4.90 Å². The summed E-state index contributed by atoms with van der Waals surface area (Å²) in [6, 6.07) is 8.21. The van der Waals surface area contributed by atoms with E-state index in [2.05, 4.69) is 4.40 Å². The number of rotatable bonds is 3. The van der Waals surface area contributed by atoms with Gasteiger partial charge in [0.05, 0.1) is 0 Å². The van der Waals surface area contributed by atoms with E-state index >= 15 is 0 Å². The third kappa shape index (κ3) is 4.08. The van der Waals surface area contributed by atoms with E-state index in [1.807, 2.05) is 73.8 Å². The largest absolute Gasteiger partial charge is 0.858 e. The Morgan fingerprint density at radius 3 is 2.41 bits per heavy atom. The smallest absolute Gasteiger partial charge is 0.284 e. The minimum absolute atomic E-state index is 0.178. The minimum Gasteiger partial charge on any atom is -0.858 e. The van der Waals surface area contributed by atoms with Crippen LogP contribution in [-0.2, 0) is 10.0 Å². The summed E-state index contributed by atoms with van der Waals surface area (Å²) in [6.45, 7) is 0. The molecular formula is C13H6FI3NO3S-. The molecule has 0 spiro atoms. The molecule has 9 heteroatoms. The number of hydrogen-bond acceptors (Lipinski definition) is 3. The summed E-state index contributed by atoms with van der Waals surface area (Å²) < 4.78 is 43.2. The van der Waals surface area contributed by atoms with Gasteiger partial charge < -0.3 is 5.11 Å². The number of nitrogens with zero attached hydrogens (tertiary/aromatic N) is 1. The van der Waals surface area contributed by atoms with Crippen LogP contribution >= 0.6 is 67.8 Å². The van der Waals surface area contributed by atoms with Gasteiger partial charge in [0.25, 0.3) is 10.0 Å². The minimum atomic E-state index is -4.39. The van der Waals surface area contributed by atoms with Crippen molar-refractivity contribution in [1.82, 2.24) is 0 Å². The van der Waals surface area contributed by atoms with Gasteiger partial charge in [-0.2, -0.15) is 12.8 Å². The third-order valence-electron chi connectivity index (χ3n) is 2.54. The first-order valence-corrected chi connectivity index (χ1v) is 10.3. The molecule has 0 aliphatic heterocycles. The van der Waals surface area contributed by atoms with E-state index in [1.165, 1.54) is 12.1 Å². The lowest BCUT2D eigenvalue weighted by Gasteiger charge is -2.14. The first-order valence-electron chi connectivity index (χ1n) is 5.64. The Labute approximate surface area is 167 Å². The van der Waals surface area contributed by atoms with Crippen molar-refractivity contribution in [3.05, 3.63) is 58.5 Å². The van der Waals surface area contributed by atoms with Gasteiger partial charge >= 0.3 is 0 Å². The molecule has 2 aromatic rings. The Kier molecular flexibility index (Phi) is 6.04. The molecule has 116 valence electrons. The molecule has 0 heterocycles. The molecule has 0 aliphatic rings. The van der Waals surface area contributed by atoms with Crippen LogP contribution in [0, 0.1) is 16.5 Å². The lowest BCUT2D eigenvalue weighted by Crippen LogP contribution is -2.23. The van der Waals surface area contributed by atoms with E-state index in [4.69, 9.17) is 0 Å². The summed E-state index contributed by atoms with van der Waals surface area (Å²) in [5, 5.41) is 12.2. The average Bonchev–Trinajstić information content (AvgIpc) is 2.42. The number of halogens is 4. The van der Waals surface area contributed by atoms with Gasteiger partial charge in [0.1, 0.15) is 10.7 Å². The highest BCUT2D eigenvalue weighted by Gasteiger charge is 2.18. The maximum Gasteiger partial charge on any atom is 0.284 e. The number of benzene rings is 2. The van der Waals surface area contributed by atoms with Crippen molar-refractivity contribution in [3.63, 3.8) is 0 Å². The van der Waals surface area contributed by atoms with Gasteiger partial charge in [-0.3, -0.25) is 0 Å². The third-order valence-corrected chi connectivity index (χ3v) is 7.50. The summed E-state index contributed by atoms with van der Waals surface area (Å²) in [6.07, 6.45) is 0. The molecule has 0 fully saturated rings. The van der Waals surface area contributed by atoms with Crippen LogP contribution in [0.25, 0.3) is 0 Å². The first-order chi connectivity index (χ1) is 10.2. The summed E-state index contributed by atoms with van der Waals surface area (Å²) in [7, 11) is -4.39. The lowest BCUT2D eigenvalue weighted by molar-refractivity contribution is -0.212. The van der Waals surface area contributed by atoms with Crippen molar-refractivity contribution in [3.8, 4) is 0 Å². The summed E-state index contributed by atoms with van der Waals surface area (Å²) >= 11 is 6.02. The molecule has 2 aromatic carbocycles. The van der Waals surface area contributed by atoms with Crippen LogP contribution in [0.4, 0.5) is 4.39 Å². The SMILES string of the molecule is O=S(=O)(/N=C(\[O-])c1cc(I)cc(I)c1I)c1ccccc1F. The van der Waals surface area contributed by atoms with E-state index < -0.39 is 26.6 Å². The van der Waals surface area contributed by atoms with E-state index in [0.717, 1.165) is 19.3 Å². The van der Waals surface area contributed by atoms with Crippen molar-refractivity contribution in [1.29, 1.82) is 0 Å². The molecule has 22 heavy (non-hydrogen) atoms. The molecule has 4 nitrogen and oxygen atoms in total. The van der Waals surface area contributed by atoms with Gasteiger partial charge in [-0.05, 0) is 92.0 Å². The first kappa shape index (κ1) is 18.3. The molecule has 0 amide bonds. The predicted molar refractivity (Wildman–Crippen MR) is 105 cm³/mol. The Morgan fingerprint density at radius 2 is 1.77 bits per heavy atom. The zero-order valence-electron chi connectivity index (χ0n) is 10.6. The molecule has 0 bridgehead atoms. The van der Waals surface area contributed by atoms with Crippen LogP contribution in [0.5, 0.6) is 0 Å². The normalized spacial score (nSPS) is 12.5. The summed E-state index contributed by atoms with van der Waals surface area (Å²) in [5.41, 5.74) is 0.178. The average molecular weight is 656 g/mol. The second-order valence-corrected chi connectivity index (χ2v) is 9.11. The topological polar surface area (TPSA) is 69.6 Å². The molecule has 0 radical (unpaired) electrons. The van der Waals surface area contributed by atoms with Crippen LogP contribution in [0.2, 0.25) is 0 Å². The maximum atomic E-state index is 13.6. The van der Waals surface area contributed by atoms with Crippen LogP contribution < -0.4 is 5.11 Å². The quantitative estimate of drug-likeness (QED) is 0.221.